The van der Waals surface area contributed by atoms with E-state index in [9.17, 15) is 17.6 Å². The smallest absolute Gasteiger partial charge is 0.294 e. The molecular formula is C20H16F4N4. The first-order valence-corrected chi connectivity index (χ1v) is 8.74. The molecule has 1 aliphatic rings. The maximum atomic E-state index is 13.3. The van der Waals surface area contributed by atoms with Gasteiger partial charge in [-0.25, -0.2) is 14.4 Å². The van der Waals surface area contributed by atoms with Gasteiger partial charge in [-0.15, -0.1) is 0 Å². The van der Waals surface area contributed by atoms with Crippen molar-refractivity contribution in [3.8, 4) is 11.3 Å². The summed E-state index contributed by atoms with van der Waals surface area (Å²) in [5.74, 6) is -1.40. The highest BCUT2D eigenvalue weighted by Crippen LogP contribution is 2.28. The fourth-order valence-corrected chi connectivity index (χ4v) is 3.24. The van der Waals surface area contributed by atoms with Gasteiger partial charge in [0.25, 0.3) is 0 Å². The largest absolute Gasteiger partial charge is 0.451 e. The minimum absolute atomic E-state index is 0.314. The van der Waals surface area contributed by atoms with E-state index in [1.54, 1.807) is 18.3 Å². The van der Waals surface area contributed by atoms with Crippen LogP contribution in [0.4, 0.5) is 17.6 Å². The van der Waals surface area contributed by atoms with E-state index >= 15 is 0 Å². The molecule has 1 aliphatic heterocycles. The summed E-state index contributed by atoms with van der Waals surface area (Å²) in [6, 6.07) is 10.00. The molecule has 0 N–H and O–H groups in total. The van der Waals surface area contributed by atoms with Crippen LogP contribution in [-0.4, -0.2) is 26.4 Å². The van der Waals surface area contributed by atoms with Crippen LogP contribution in [0.5, 0.6) is 0 Å². The molecule has 0 spiro atoms. The van der Waals surface area contributed by atoms with Crippen LogP contribution in [-0.2, 0) is 25.7 Å². The first-order chi connectivity index (χ1) is 13.4. The maximum Gasteiger partial charge on any atom is 0.451 e. The van der Waals surface area contributed by atoms with Crippen molar-refractivity contribution in [3.05, 3.63) is 77.3 Å². The minimum atomic E-state index is -4.53. The minimum Gasteiger partial charge on any atom is -0.294 e. The average molecular weight is 388 g/mol. The van der Waals surface area contributed by atoms with E-state index in [2.05, 4.69) is 19.9 Å². The average Bonchev–Trinajstić information content (AvgIpc) is 2.67. The molecule has 0 aliphatic carbocycles. The zero-order valence-electron chi connectivity index (χ0n) is 14.7. The van der Waals surface area contributed by atoms with Gasteiger partial charge in [0.2, 0.25) is 5.82 Å². The second kappa shape index (κ2) is 7.27. The molecular weight excluding hydrogens is 372 g/mol. The van der Waals surface area contributed by atoms with E-state index in [4.69, 9.17) is 0 Å². The first kappa shape index (κ1) is 18.5. The third kappa shape index (κ3) is 4.01. The third-order valence-electron chi connectivity index (χ3n) is 4.62. The number of rotatable bonds is 3. The van der Waals surface area contributed by atoms with Gasteiger partial charge in [-0.2, -0.15) is 13.2 Å². The van der Waals surface area contributed by atoms with Gasteiger partial charge in [-0.1, -0.05) is 18.2 Å². The molecule has 28 heavy (non-hydrogen) atoms. The van der Waals surface area contributed by atoms with Crippen LogP contribution in [0.2, 0.25) is 0 Å². The van der Waals surface area contributed by atoms with Gasteiger partial charge in [0.1, 0.15) is 5.82 Å². The number of aromatic nitrogens is 3. The van der Waals surface area contributed by atoms with Crippen molar-refractivity contribution in [3.63, 3.8) is 0 Å². The van der Waals surface area contributed by atoms with Gasteiger partial charge in [-0.05, 0) is 23.8 Å². The summed E-state index contributed by atoms with van der Waals surface area (Å²) >= 11 is 0. The quantitative estimate of drug-likeness (QED) is 0.629. The van der Waals surface area contributed by atoms with E-state index in [0.29, 0.717) is 48.6 Å². The lowest BCUT2D eigenvalue weighted by molar-refractivity contribution is -0.145. The molecule has 2 aromatic heterocycles. The first-order valence-electron chi connectivity index (χ1n) is 8.74. The highest BCUT2D eigenvalue weighted by molar-refractivity contribution is 5.58. The summed E-state index contributed by atoms with van der Waals surface area (Å²) in [5.41, 5.74) is 3.52. The van der Waals surface area contributed by atoms with E-state index < -0.39 is 12.0 Å². The number of hydrogen-bond acceptors (Lipinski definition) is 4. The van der Waals surface area contributed by atoms with Gasteiger partial charge in [0.15, 0.2) is 0 Å². The SMILES string of the molecule is Fc1cccc(-c2ccc(CN3CCc4nc(C(F)(F)F)ncc4C3)cn2)c1. The molecule has 3 aromatic rings. The number of hydrogen-bond donors (Lipinski definition) is 0. The van der Waals surface area contributed by atoms with E-state index in [0.717, 1.165) is 5.56 Å². The van der Waals surface area contributed by atoms with Crippen molar-refractivity contribution in [2.24, 2.45) is 0 Å². The van der Waals surface area contributed by atoms with Crippen LogP contribution in [0.3, 0.4) is 0 Å². The van der Waals surface area contributed by atoms with Crippen LogP contribution in [0, 0.1) is 5.82 Å². The second-order valence-electron chi connectivity index (χ2n) is 6.69. The summed E-state index contributed by atoms with van der Waals surface area (Å²) in [5, 5.41) is 0. The molecule has 4 rings (SSSR count). The van der Waals surface area contributed by atoms with Crippen molar-refractivity contribution in [2.75, 3.05) is 6.54 Å². The Morgan fingerprint density at radius 3 is 2.61 bits per heavy atom. The Labute approximate surface area is 158 Å². The summed E-state index contributed by atoms with van der Waals surface area (Å²) in [4.78, 5) is 13.6. The second-order valence-corrected chi connectivity index (χ2v) is 6.69. The monoisotopic (exact) mass is 388 g/mol. The normalized spacial score (nSPS) is 14.7. The Hall–Kier alpha value is -2.87. The summed E-state index contributed by atoms with van der Waals surface area (Å²) in [6.45, 7) is 1.70. The molecule has 0 amide bonds. The van der Waals surface area contributed by atoms with Crippen molar-refractivity contribution in [1.82, 2.24) is 19.9 Å². The van der Waals surface area contributed by atoms with Crippen LogP contribution in [0.1, 0.15) is 22.6 Å². The van der Waals surface area contributed by atoms with Crippen molar-refractivity contribution >= 4 is 0 Å². The highest BCUT2D eigenvalue weighted by Gasteiger charge is 2.35. The van der Waals surface area contributed by atoms with Gasteiger partial charge in [0, 0.05) is 49.6 Å². The Morgan fingerprint density at radius 2 is 1.89 bits per heavy atom. The Morgan fingerprint density at radius 1 is 1.04 bits per heavy atom. The molecule has 0 bridgehead atoms. The van der Waals surface area contributed by atoms with Crippen LogP contribution in [0.15, 0.2) is 48.8 Å². The number of halogens is 4. The van der Waals surface area contributed by atoms with Crippen molar-refractivity contribution < 1.29 is 17.6 Å². The van der Waals surface area contributed by atoms with Crippen LogP contribution in [0.25, 0.3) is 11.3 Å². The number of benzene rings is 1. The van der Waals surface area contributed by atoms with E-state index in [1.165, 1.54) is 18.3 Å². The molecule has 0 fully saturated rings. The summed E-state index contributed by atoms with van der Waals surface area (Å²) < 4.78 is 51.6. The number of nitrogens with zero attached hydrogens (tertiary/aromatic N) is 4. The Bertz CT molecular complexity index is 986. The summed E-state index contributed by atoms with van der Waals surface area (Å²) in [6.07, 6.45) is -1.08. The van der Waals surface area contributed by atoms with Gasteiger partial charge in [-0.3, -0.25) is 9.88 Å². The van der Waals surface area contributed by atoms with Crippen molar-refractivity contribution in [1.29, 1.82) is 0 Å². The molecule has 0 saturated heterocycles. The lowest BCUT2D eigenvalue weighted by Crippen LogP contribution is -2.31. The molecule has 144 valence electrons. The molecule has 8 heteroatoms. The zero-order chi connectivity index (χ0) is 19.7. The topological polar surface area (TPSA) is 41.9 Å². The van der Waals surface area contributed by atoms with Gasteiger partial charge >= 0.3 is 6.18 Å². The predicted molar refractivity (Wildman–Crippen MR) is 94.5 cm³/mol. The molecule has 0 saturated carbocycles. The van der Waals surface area contributed by atoms with Crippen molar-refractivity contribution in [2.45, 2.75) is 25.7 Å². The van der Waals surface area contributed by atoms with Gasteiger partial charge < -0.3 is 0 Å². The number of fused-ring (bicyclic) bond motifs is 1. The molecule has 0 atom stereocenters. The van der Waals surface area contributed by atoms with Crippen LogP contribution >= 0.6 is 0 Å². The lowest BCUT2D eigenvalue weighted by atomic mass is 10.1. The molecule has 1 aromatic carbocycles. The highest BCUT2D eigenvalue weighted by atomic mass is 19.4. The summed E-state index contributed by atoms with van der Waals surface area (Å²) in [7, 11) is 0. The third-order valence-corrected chi connectivity index (χ3v) is 4.62. The Balaban J connectivity index is 1.44. The Kier molecular flexibility index (Phi) is 4.80. The van der Waals surface area contributed by atoms with Gasteiger partial charge in [0.05, 0.1) is 11.4 Å². The predicted octanol–water partition coefficient (Wildman–Crippen LogP) is 4.25. The van der Waals surface area contributed by atoms with E-state index in [1.807, 2.05) is 12.1 Å². The zero-order valence-corrected chi connectivity index (χ0v) is 14.7. The van der Waals surface area contributed by atoms with E-state index in [-0.39, 0.29) is 5.82 Å². The molecule has 0 unspecified atom stereocenters. The molecule has 3 heterocycles. The molecule has 4 nitrogen and oxygen atoms in total. The number of pyridine rings is 1. The lowest BCUT2D eigenvalue weighted by Gasteiger charge is -2.28. The standard InChI is InChI=1S/C20H16F4N4/c21-16-3-1-2-14(8-16)17-5-4-13(9-25-17)11-28-7-6-18-15(12-28)10-26-19(27-18)20(22,23)24/h1-5,8-10H,6-7,11-12H2. The fourth-order valence-electron chi connectivity index (χ4n) is 3.24. The maximum absolute atomic E-state index is 13.3. The molecule has 0 radical (unpaired) electrons. The number of alkyl halides is 3. The van der Waals surface area contributed by atoms with Crippen LogP contribution < -0.4 is 0 Å². The fraction of sp³-hybridized carbons (Fsp3) is 0.250.